The van der Waals surface area contributed by atoms with E-state index in [0.29, 0.717) is 22.6 Å². The Balaban J connectivity index is 1.28. The summed E-state index contributed by atoms with van der Waals surface area (Å²) >= 11 is 0. The summed E-state index contributed by atoms with van der Waals surface area (Å²) in [7, 11) is 0. The number of fused-ring (bicyclic) bond motifs is 2. The lowest BCUT2D eigenvalue weighted by atomic mass is 9.85. The van der Waals surface area contributed by atoms with E-state index in [1.165, 1.54) is 44.9 Å². The molecule has 2 amide bonds. The molecule has 254 valence electrons. The number of ether oxygens (including phenoxy) is 2. The number of rotatable bonds is 9. The van der Waals surface area contributed by atoms with Crippen LogP contribution in [0.1, 0.15) is 112 Å². The normalized spacial score (nSPS) is 20.9. The van der Waals surface area contributed by atoms with Crippen LogP contribution >= 0.6 is 0 Å². The highest BCUT2D eigenvalue weighted by molar-refractivity contribution is 5.98. The highest BCUT2D eigenvalue weighted by Crippen LogP contribution is 2.44. The van der Waals surface area contributed by atoms with Crippen molar-refractivity contribution in [3.05, 3.63) is 70.8 Å². The predicted octanol–water partition coefficient (Wildman–Crippen LogP) is 5.96. The topological polar surface area (TPSA) is 123 Å². The summed E-state index contributed by atoms with van der Waals surface area (Å²) in [6.07, 6.45) is 13.5. The molecule has 2 aliphatic heterocycles. The number of nitrogens with two attached hydrogens (primary N) is 1. The number of amides is 2. The van der Waals surface area contributed by atoms with Crippen LogP contribution < -0.4 is 21.1 Å². The minimum absolute atomic E-state index is 0.0732. The number of hydrogen-bond donors (Lipinski definition) is 3. The molecule has 47 heavy (non-hydrogen) atoms. The second-order valence-corrected chi connectivity index (χ2v) is 14.2. The summed E-state index contributed by atoms with van der Waals surface area (Å²) in [5.74, 6) is -0.570. The first-order chi connectivity index (χ1) is 22.6. The van der Waals surface area contributed by atoms with Crippen LogP contribution in [-0.2, 0) is 14.3 Å². The summed E-state index contributed by atoms with van der Waals surface area (Å²) in [6.45, 7) is 8.48. The molecule has 0 saturated carbocycles. The van der Waals surface area contributed by atoms with Gasteiger partial charge in [-0.15, -0.1) is 0 Å². The van der Waals surface area contributed by atoms with Crippen molar-refractivity contribution in [2.24, 2.45) is 5.73 Å². The van der Waals surface area contributed by atoms with Crippen molar-refractivity contribution < 1.29 is 23.9 Å². The van der Waals surface area contributed by atoms with Gasteiger partial charge in [0.25, 0.3) is 5.91 Å². The number of nitrogens with zero attached hydrogens (tertiary/aromatic N) is 1. The SMILES string of the molecule is CC(C)(C)OC(=O)C(CCN)NC(=O)c1ccc2c(c1)C(C(=O)NC1CCN(C/C3=C/CCCCCCC3)CC1)c1ccccc1O2. The lowest BCUT2D eigenvalue weighted by Gasteiger charge is -2.34. The third-order valence-electron chi connectivity index (χ3n) is 9.24. The molecule has 1 saturated heterocycles. The highest BCUT2D eigenvalue weighted by Gasteiger charge is 2.35. The predicted molar refractivity (Wildman–Crippen MR) is 184 cm³/mol. The van der Waals surface area contributed by atoms with Gasteiger partial charge in [0.15, 0.2) is 0 Å². The van der Waals surface area contributed by atoms with E-state index in [2.05, 4.69) is 21.6 Å². The molecule has 0 radical (unpaired) electrons. The summed E-state index contributed by atoms with van der Waals surface area (Å²) in [4.78, 5) is 42.9. The molecule has 2 aromatic carbocycles. The first kappa shape index (κ1) is 34.6. The van der Waals surface area contributed by atoms with Crippen molar-refractivity contribution >= 4 is 17.8 Å². The first-order valence-corrected chi connectivity index (χ1v) is 17.5. The molecular formula is C38H52N4O5. The fourth-order valence-corrected chi connectivity index (χ4v) is 6.80. The van der Waals surface area contributed by atoms with Crippen LogP contribution in [0.3, 0.4) is 0 Å². The highest BCUT2D eigenvalue weighted by atomic mass is 16.6. The van der Waals surface area contributed by atoms with Gasteiger partial charge in [-0.2, -0.15) is 0 Å². The van der Waals surface area contributed by atoms with Crippen molar-refractivity contribution in [2.45, 2.75) is 109 Å². The van der Waals surface area contributed by atoms with E-state index in [0.717, 1.165) is 38.0 Å². The number of esters is 1. The lowest BCUT2D eigenvalue weighted by molar-refractivity contribution is -0.157. The monoisotopic (exact) mass is 644 g/mol. The molecule has 9 heteroatoms. The van der Waals surface area contributed by atoms with Crippen molar-refractivity contribution in [1.29, 1.82) is 0 Å². The number of benzene rings is 2. The van der Waals surface area contributed by atoms with E-state index in [4.69, 9.17) is 15.2 Å². The number of carbonyl (C=O) groups is 3. The molecule has 9 nitrogen and oxygen atoms in total. The lowest BCUT2D eigenvalue weighted by Crippen LogP contribution is -2.46. The Bertz CT molecular complexity index is 1440. The molecule has 1 fully saturated rings. The molecule has 0 aromatic heterocycles. The second kappa shape index (κ2) is 15.9. The van der Waals surface area contributed by atoms with Crippen LogP contribution in [0, 0.1) is 0 Å². The molecule has 4 N–H and O–H groups in total. The zero-order chi connectivity index (χ0) is 33.4. The van der Waals surface area contributed by atoms with Gasteiger partial charge in [-0.3, -0.25) is 14.5 Å². The Morgan fingerprint density at radius 2 is 1.70 bits per heavy atom. The minimum Gasteiger partial charge on any atom is -0.458 e. The van der Waals surface area contributed by atoms with Crippen LogP contribution in [0.25, 0.3) is 0 Å². The Hall–Kier alpha value is -3.69. The Morgan fingerprint density at radius 3 is 2.47 bits per heavy atom. The van der Waals surface area contributed by atoms with Crippen molar-refractivity contribution in [1.82, 2.24) is 15.5 Å². The van der Waals surface area contributed by atoms with Crippen LogP contribution in [-0.4, -0.2) is 66.5 Å². The van der Waals surface area contributed by atoms with E-state index < -0.39 is 29.4 Å². The third kappa shape index (κ3) is 9.45. The van der Waals surface area contributed by atoms with Gasteiger partial charge < -0.3 is 25.8 Å². The fourth-order valence-electron chi connectivity index (χ4n) is 6.80. The number of hydrogen-bond acceptors (Lipinski definition) is 7. The maximum absolute atomic E-state index is 14.1. The quantitative estimate of drug-likeness (QED) is 0.227. The minimum atomic E-state index is -0.891. The summed E-state index contributed by atoms with van der Waals surface area (Å²) < 4.78 is 11.7. The Kier molecular flexibility index (Phi) is 11.7. The molecule has 3 aliphatic rings. The molecule has 0 spiro atoms. The number of piperidine rings is 1. The van der Waals surface area contributed by atoms with Gasteiger partial charge >= 0.3 is 5.97 Å². The van der Waals surface area contributed by atoms with E-state index in [1.54, 1.807) is 44.5 Å². The number of allylic oxidation sites excluding steroid dienone is 1. The largest absolute Gasteiger partial charge is 0.458 e. The van der Waals surface area contributed by atoms with Gasteiger partial charge in [0.2, 0.25) is 5.91 Å². The fraction of sp³-hybridized carbons (Fsp3) is 0.553. The number of para-hydroxylation sites is 1. The maximum Gasteiger partial charge on any atom is 0.329 e. The van der Waals surface area contributed by atoms with Crippen molar-refractivity contribution in [2.75, 3.05) is 26.2 Å². The van der Waals surface area contributed by atoms with Gasteiger partial charge in [-0.1, -0.05) is 49.1 Å². The maximum atomic E-state index is 14.1. The molecule has 1 aliphatic carbocycles. The van der Waals surface area contributed by atoms with Gasteiger partial charge in [-0.25, -0.2) is 4.79 Å². The summed E-state index contributed by atoms with van der Waals surface area (Å²) in [5, 5.41) is 6.14. The summed E-state index contributed by atoms with van der Waals surface area (Å²) in [6, 6.07) is 11.8. The molecule has 5 rings (SSSR count). The third-order valence-corrected chi connectivity index (χ3v) is 9.24. The molecule has 2 atom stereocenters. The van der Waals surface area contributed by atoms with Crippen LogP contribution in [0.4, 0.5) is 0 Å². The standard InChI is InChI=1S/C38H52N4O5/c1-38(2,3)47-37(45)31(18-21-39)41-35(43)27-16-17-33-30(24-27)34(29-14-10-11-15-32(29)46-33)36(44)40-28-19-22-42(23-20-28)25-26-12-8-6-4-5-7-9-13-26/h10-12,14-17,24,28,31,34H,4-9,13,18-23,25,39H2,1-3H3,(H,40,44)(H,41,43)/b26-12+. The van der Waals surface area contributed by atoms with E-state index in [-0.39, 0.29) is 24.9 Å². The zero-order valence-electron chi connectivity index (χ0n) is 28.3. The van der Waals surface area contributed by atoms with Gasteiger partial charge in [0.1, 0.15) is 23.1 Å². The van der Waals surface area contributed by atoms with E-state index in [9.17, 15) is 14.4 Å². The molecular weight excluding hydrogens is 592 g/mol. The molecule has 2 aromatic rings. The van der Waals surface area contributed by atoms with Crippen LogP contribution in [0.15, 0.2) is 54.1 Å². The summed E-state index contributed by atoms with van der Waals surface area (Å²) in [5.41, 5.74) is 8.32. The molecule has 0 bridgehead atoms. The average molecular weight is 645 g/mol. The van der Waals surface area contributed by atoms with Crippen molar-refractivity contribution in [3.8, 4) is 11.5 Å². The first-order valence-electron chi connectivity index (χ1n) is 17.5. The number of likely N-dealkylation sites (tertiary alicyclic amines) is 1. The molecule has 2 heterocycles. The van der Waals surface area contributed by atoms with Crippen LogP contribution in [0.2, 0.25) is 0 Å². The molecule has 2 unspecified atom stereocenters. The van der Waals surface area contributed by atoms with Crippen LogP contribution in [0.5, 0.6) is 11.5 Å². The average Bonchev–Trinajstić information content (AvgIpc) is 3.17. The smallest absolute Gasteiger partial charge is 0.329 e. The van der Waals surface area contributed by atoms with Gasteiger partial charge in [0.05, 0.1) is 5.92 Å². The Labute approximate surface area is 279 Å². The van der Waals surface area contributed by atoms with Crippen molar-refractivity contribution in [3.63, 3.8) is 0 Å². The number of nitrogens with one attached hydrogen (secondary N) is 2. The van der Waals surface area contributed by atoms with E-state index in [1.807, 2.05) is 24.3 Å². The van der Waals surface area contributed by atoms with Gasteiger partial charge in [-0.05, 0) is 96.5 Å². The zero-order valence-corrected chi connectivity index (χ0v) is 28.3. The van der Waals surface area contributed by atoms with E-state index >= 15 is 0 Å². The second-order valence-electron chi connectivity index (χ2n) is 14.2. The Morgan fingerprint density at radius 1 is 0.979 bits per heavy atom. The van der Waals surface area contributed by atoms with Gasteiger partial charge in [0, 0.05) is 42.4 Å². The number of carbonyl (C=O) groups excluding carboxylic acids is 3.